The number of amides is 1. The number of aromatic nitrogens is 6. The molecular weight excluding hydrogens is 318 g/mol. The molecular formula is C17H19N7O. The van der Waals surface area contributed by atoms with Crippen molar-refractivity contribution >= 4 is 5.91 Å². The number of aryl methyl sites for hydroxylation is 1. The molecule has 0 N–H and O–H groups in total. The maximum atomic E-state index is 12.6. The third kappa shape index (κ3) is 3.15. The Balaban J connectivity index is 1.38. The van der Waals surface area contributed by atoms with Crippen molar-refractivity contribution in [2.75, 3.05) is 13.1 Å². The predicted octanol–water partition coefficient (Wildman–Crippen LogP) is 0.954. The van der Waals surface area contributed by atoms with E-state index in [4.69, 9.17) is 0 Å². The topological polar surface area (TPSA) is 81.7 Å². The molecule has 1 atom stereocenters. The lowest BCUT2D eigenvalue weighted by Gasteiger charge is -2.16. The third-order valence-electron chi connectivity index (χ3n) is 4.67. The number of imidazole rings is 1. The Morgan fingerprint density at radius 3 is 2.80 bits per heavy atom. The molecule has 1 aliphatic heterocycles. The predicted molar refractivity (Wildman–Crippen MR) is 90.0 cm³/mol. The molecule has 0 saturated carbocycles. The summed E-state index contributed by atoms with van der Waals surface area (Å²) in [6, 6.07) is 7.72. The number of nitrogens with zero attached hydrogens (tertiary/aromatic N) is 7. The van der Waals surface area contributed by atoms with E-state index in [0.717, 1.165) is 36.6 Å². The second kappa shape index (κ2) is 6.46. The second-order valence-corrected chi connectivity index (χ2v) is 6.32. The van der Waals surface area contributed by atoms with E-state index in [1.807, 2.05) is 53.2 Å². The molecule has 1 aromatic carbocycles. The highest BCUT2D eigenvalue weighted by atomic mass is 16.2. The van der Waals surface area contributed by atoms with Crippen LogP contribution in [0.3, 0.4) is 0 Å². The van der Waals surface area contributed by atoms with Crippen LogP contribution in [-0.2, 0) is 18.3 Å². The molecule has 3 heterocycles. The summed E-state index contributed by atoms with van der Waals surface area (Å²) in [4.78, 5) is 18.9. The molecule has 128 valence electrons. The van der Waals surface area contributed by atoms with Gasteiger partial charge in [-0.3, -0.25) is 4.79 Å². The Morgan fingerprint density at radius 1 is 1.28 bits per heavy atom. The van der Waals surface area contributed by atoms with Gasteiger partial charge in [-0.05, 0) is 34.5 Å². The number of benzene rings is 1. The Bertz CT molecular complexity index is 854. The zero-order chi connectivity index (χ0) is 17.2. The molecule has 0 aliphatic carbocycles. The van der Waals surface area contributed by atoms with Crippen LogP contribution in [0.1, 0.15) is 23.7 Å². The average molecular weight is 337 g/mol. The molecule has 2 aromatic heterocycles. The summed E-state index contributed by atoms with van der Waals surface area (Å²) in [7, 11) is 2.00. The van der Waals surface area contributed by atoms with E-state index < -0.39 is 0 Å². The van der Waals surface area contributed by atoms with Crippen molar-refractivity contribution in [1.82, 2.24) is 34.7 Å². The van der Waals surface area contributed by atoms with Crippen molar-refractivity contribution in [3.8, 4) is 5.69 Å². The molecule has 1 fully saturated rings. The molecule has 25 heavy (non-hydrogen) atoms. The summed E-state index contributed by atoms with van der Waals surface area (Å²) in [5.41, 5.74) is 1.86. The molecule has 1 saturated heterocycles. The van der Waals surface area contributed by atoms with Gasteiger partial charge in [-0.1, -0.05) is 12.1 Å². The lowest BCUT2D eigenvalue weighted by Crippen LogP contribution is -2.30. The molecule has 0 radical (unpaired) electrons. The largest absolute Gasteiger partial charge is 0.342 e. The minimum atomic E-state index is 0.159. The van der Waals surface area contributed by atoms with E-state index in [9.17, 15) is 4.79 Å². The molecule has 8 heteroatoms. The van der Waals surface area contributed by atoms with Gasteiger partial charge < -0.3 is 9.47 Å². The number of carbonyl (C=O) groups excluding carboxylic acids is 1. The van der Waals surface area contributed by atoms with Crippen LogP contribution in [-0.4, -0.2) is 53.7 Å². The minimum Gasteiger partial charge on any atom is -0.342 e. The van der Waals surface area contributed by atoms with Gasteiger partial charge in [0.15, 0.2) is 0 Å². The molecule has 3 aromatic rings. The van der Waals surface area contributed by atoms with Crippen molar-refractivity contribution in [3.05, 3.63) is 54.4 Å². The molecule has 1 amide bonds. The number of likely N-dealkylation sites (tertiary alicyclic amines) is 1. The Labute approximate surface area is 145 Å². The maximum absolute atomic E-state index is 12.6. The molecule has 1 unspecified atom stereocenters. The highest BCUT2D eigenvalue weighted by molar-refractivity contribution is 5.79. The van der Waals surface area contributed by atoms with Crippen LogP contribution in [0.5, 0.6) is 0 Å². The van der Waals surface area contributed by atoms with Gasteiger partial charge in [0.05, 0.1) is 12.1 Å². The van der Waals surface area contributed by atoms with Gasteiger partial charge in [0.1, 0.15) is 12.2 Å². The standard InChI is InChI=1S/C17H19N7O/c1-22-9-7-18-17(22)14-6-8-23(11-14)16(25)10-13-2-4-15(5-3-13)24-12-19-20-21-24/h2-5,7,9,12,14H,6,8,10-11H2,1H3. The van der Waals surface area contributed by atoms with Gasteiger partial charge in [-0.2, -0.15) is 0 Å². The normalized spacial score (nSPS) is 17.2. The maximum Gasteiger partial charge on any atom is 0.227 e. The van der Waals surface area contributed by atoms with E-state index in [1.165, 1.54) is 0 Å². The summed E-state index contributed by atoms with van der Waals surface area (Å²) in [6.45, 7) is 1.53. The molecule has 0 bridgehead atoms. The van der Waals surface area contributed by atoms with Crippen LogP contribution in [0.2, 0.25) is 0 Å². The molecule has 8 nitrogen and oxygen atoms in total. The Hall–Kier alpha value is -3.03. The zero-order valence-electron chi connectivity index (χ0n) is 14.0. The quantitative estimate of drug-likeness (QED) is 0.708. The lowest BCUT2D eigenvalue weighted by atomic mass is 10.1. The first kappa shape index (κ1) is 15.5. The number of carbonyl (C=O) groups is 1. The van der Waals surface area contributed by atoms with Crippen molar-refractivity contribution in [2.45, 2.75) is 18.8 Å². The van der Waals surface area contributed by atoms with Gasteiger partial charge in [0.25, 0.3) is 0 Å². The number of rotatable bonds is 4. The summed E-state index contributed by atoms with van der Waals surface area (Å²) in [6.07, 6.45) is 6.68. The van der Waals surface area contributed by atoms with E-state index in [2.05, 4.69) is 20.5 Å². The number of hydrogen-bond donors (Lipinski definition) is 0. The smallest absolute Gasteiger partial charge is 0.227 e. The Kier molecular flexibility index (Phi) is 4.01. The van der Waals surface area contributed by atoms with E-state index in [1.54, 1.807) is 11.0 Å². The second-order valence-electron chi connectivity index (χ2n) is 6.32. The van der Waals surface area contributed by atoms with Crippen molar-refractivity contribution in [2.24, 2.45) is 7.05 Å². The van der Waals surface area contributed by atoms with Crippen LogP contribution in [0.4, 0.5) is 0 Å². The monoisotopic (exact) mass is 337 g/mol. The van der Waals surface area contributed by atoms with Crippen LogP contribution in [0, 0.1) is 0 Å². The first-order valence-electron chi connectivity index (χ1n) is 8.28. The van der Waals surface area contributed by atoms with E-state index >= 15 is 0 Å². The highest BCUT2D eigenvalue weighted by Gasteiger charge is 2.29. The minimum absolute atomic E-state index is 0.159. The summed E-state index contributed by atoms with van der Waals surface area (Å²) in [5, 5.41) is 11.1. The third-order valence-corrected chi connectivity index (χ3v) is 4.67. The lowest BCUT2D eigenvalue weighted by molar-refractivity contribution is -0.129. The number of hydrogen-bond acceptors (Lipinski definition) is 5. The van der Waals surface area contributed by atoms with Crippen LogP contribution in [0.25, 0.3) is 5.69 Å². The van der Waals surface area contributed by atoms with Gasteiger partial charge in [0.2, 0.25) is 5.91 Å². The zero-order valence-corrected chi connectivity index (χ0v) is 14.0. The SMILES string of the molecule is Cn1ccnc1C1CCN(C(=O)Cc2ccc(-n3cnnn3)cc2)C1. The van der Waals surface area contributed by atoms with Gasteiger partial charge >= 0.3 is 0 Å². The summed E-state index contributed by atoms with van der Waals surface area (Å²) >= 11 is 0. The van der Waals surface area contributed by atoms with E-state index in [0.29, 0.717) is 12.3 Å². The van der Waals surface area contributed by atoms with E-state index in [-0.39, 0.29) is 5.91 Å². The van der Waals surface area contributed by atoms with Crippen molar-refractivity contribution in [1.29, 1.82) is 0 Å². The average Bonchev–Trinajstić information content (AvgIpc) is 3.37. The van der Waals surface area contributed by atoms with Gasteiger partial charge in [-0.25, -0.2) is 9.67 Å². The van der Waals surface area contributed by atoms with Crippen LogP contribution >= 0.6 is 0 Å². The fourth-order valence-electron chi connectivity index (χ4n) is 3.30. The van der Waals surface area contributed by atoms with Crippen LogP contribution in [0.15, 0.2) is 43.0 Å². The fraction of sp³-hybridized carbons (Fsp3) is 0.353. The molecule has 0 spiro atoms. The molecule has 1 aliphatic rings. The first-order valence-corrected chi connectivity index (χ1v) is 8.28. The summed E-state index contributed by atoms with van der Waals surface area (Å²) < 4.78 is 3.62. The first-order chi connectivity index (χ1) is 12.2. The van der Waals surface area contributed by atoms with Gasteiger partial charge in [0, 0.05) is 38.4 Å². The number of tetrazole rings is 1. The van der Waals surface area contributed by atoms with Crippen LogP contribution < -0.4 is 0 Å². The highest BCUT2D eigenvalue weighted by Crippen LogP contribution is 2.26. The fourth-order valence-corrected chi connectivity index (χ4v) is 3.30. The molecule has 4 rings (SSSR count). The Morgan fingerprint density at radius 2 is 2.12 bits per heavy atom. The summed E-state index contributed by atoms with van der Waals surface area (Å²) in [5.74, 6) is 1.54. The van der Waals surface area contributed by atoms with Gasteiger partial charge in [-0.15, -0.1) is 5.10 Å². The van der Waals surface area contributed by atoms with Crippen molar-refractivity contribution < 1.29 is 4.79 Å². The van der Waals surface area contributed by atoms with Crippen molar-refractivity contribution in [3.63, 3.8) is 0 Å².